The summed E-state index contributed by atoms with van der Waals surface area (Å²) in [5.41, 5.74) is 0. The molecule has 5 heteroatoms. The van der Waals surface area contributed by atoms with Crippen LogP contribution in [0.1, 0.15) is 33.1 Å². The molecule has 1 atom stereocenters. The molecule has 2 saturated heterocycles. The zero-order chi connectivity index (χ0) is 14.0. The number of rotatable bonds is 4. The van der Waals surface area contributed by atoms with Crippen LogP contribution in [-0.2, 0) is 9.59 Å². The number of likely N-dealkylation sites (tertiary alicyclic amines) is 2. The highest BCUT2D eigenvalue weighted by Crippen LogP contribution is 2.19. The summed E-state index contributed by atoms with van der Waals surface area (Å²) >= 11 is 0. The number of piperidine rings is 1. The highest BCUT2D eigenvalue weighted by atomic mass is 16.2. The zero-order valence-corrected chi connectivity index (χ0v) is 12.2. The maximum atomic E-state index is 12.1. The van der Waals surface area contributed by atoms with Gasteiger partial charge in [-0.1, -0.05) is 0 Å². The third-order valence-corrected chi connectivity index (χ3v) is 4.19. The van der Waals surface area contributed by atoms with Crippen LogP contribution in [0.2, 0.25) is 0 Å². The molecule has 2 rings (SSSR count). The number of hydrogen-bond acceptors (Lipinski definition) is 4. The molecule has 0 bridgehead atoms. The van der Waals surface area contributed by atoms with E-state index in [9.17, 15) is 9.59 Å². The van der Waals surface area contributed by atoms with E-state index in [0.29, 0.717) is 12.3 Å². The van der Waals surface area contributed by atoms with Crippen molar-refractivity contribution >= 4 is 11.8 Å². The Bertz CT molecular complexity index is 349. The van der Waals surface area contributed by atoms with Gasteiger partial charge in [0.15, 0.2) is 0 Å². The molecule has 2 fully saturated rings. The van der Waals surface area contributed by atoms with Gasteiger partial charge < -0.3 is 10.2 Å². The number of amides is 2. The molecular formula is C14H25N3O2. The summed E-state index contributed by atoms with van der Waals surface area (Å²) < 4.78 is 0. The van der Waals surface area contributed by atoms with Gasteiger partial charge in [0.2, 0.25) is 11.8 Å². The molecule has 1 unspecified atom stereocenters. The summed E-state index contributed by atoms with van der Waals surface area (Å²) in [5.74, 6) is 0.543. The molecule has 0 saturated carbocycles. The molecule has 0 aromatic heterocycles. The molecule has 0 aromatic carbocycles. The first-order valence-electron chi connectivity index (χ1n) is 7.27. The second kappa shape index (κ2) is 6.01. The van der Waals surface area contributed by atoms with Crippen LogP contribution in [0.4, 0.5) is 0 Å². The van der Waals surface area contributed by atoms with Gasteiger partial charge in [-0.3, -0.25) is 14.5 Å². The van der Waals surface area contributed by atoms with Crippen LogP contribution >= 0.6 is 0 Å². The first-order valence-corrected chi connectivity index (χ1v) is 7.27. The Morgan fingerprint density at radius 2 is 1.89 bits per heavy atom. The van der Waals surface area contributed by atoms with Crippen molar-refractivity contribution in [1.82, 2.24) is 15.1 Å². The Balaban J connectivity index is 1.81. The number of nitrogens with one attached hydrogen (secondary N) is 1. The fourth-order valence-corrected chi connectivity index (χ4v) is 2.93. The van der Waals surface area contributed by atoms with Crippen molar-refractivity contribution in [2.75, 3.05) is 26.7 Å². The van der Waals surface area contributed by atoms with Crippen molar-refractivity contribution in [1.29, 1.82) is 0 Å². The largest absolute Gasteiger partial charge is 0.306 e. The van der Waals surface area contributed by atoms with Gasteiger partial charge in [0.1, 0.15) is 0 Å². The minimum atomic E-state index is -0.297. The van der Waals surface area contributed by atoms with Crippen LogP contribution in [0.25, 0.3) is 0 Å². The highest BCUT2D eigenvalue weighted by Gasteiger charge is 2.39. The van der Waals surface area contributed by atoms with E-state index >= 15 is 0 Å². The van der Waals surface area contributed by atoms with E-state index in [1.807, 2.05) is 13.8 Å². The Labute approximate surface area is 115 Å². The minimum absolute atomic E-state index is 0.0323. The lowest BCUT2D eigenvalue weighted by atomic mass is 9.97. The fraction of sp³-hybridized carbons (Fsp3) is 0.857. The first-order chi connectivity index (χ1) is 8.99. The van der Waals surface area contributed by atoms with Crippen LogP contribution < -0.4 is 5.32 Å². The molecule has 2 aliphatic rings. The monoisotopic (exact) mass is 267 g/mol. The Morgan fingerprint density at radius 3 is 2.42 bits per heavy atom. The summed E-state index contributed by atoms with van der Waals surface area (Å²) in [5, 5.41) is 3.30. The van der Waals surface area contributed by atoms with E-state index in [1.165, 1.54) is 17.7 Å². The van der Waals surface area contributed by atoms with Crippen molar-refractivity contribution in [2.24, 2.45) is 5.92 Å². The van der Waals surface area contributed by atoms with Crippen LogP contribution in [0.15, 0.2) is 0 Å². The topological polar surface area (TPSA) is 52.7 Å². The lowest BCUT2D eigenvalue weighted by Crippen LogP contribution is -2.44. The number of carbonyl (C=O) groups is 2. The first kappa shape index (κ1) is 14.5. The smallest absolute Gasteiger partial charge is 0.247 e. The van der Waals surface area contributed by atoms with Crippen molar-refractivity contribution in [2.45, 2.75) is 45.2 Å². The summed E-state index contributed by atoms with van der Waals surface area (Å²) in [7, 11) is 2.14. The fourth-order valence-electron chi connectivity index (χ4n) is 2.93. The Morgan fingerprint density at radius 1 is 1.26 bits per heavy atom. The molecule has 2 amide bonds. The van der Waals surface area contributed by atoms with Crippen molar-refractivity contribution in [3.8, 4) is 0 Å². The number of nitrogens with zero attached hydrogens (tertiary/aromatic N) is 2. The SMILES string of the molecule is CC(C)N1C(=O)CC(NCC2CCN(C)CC2)C1=O. The van der Waals surface area contributed by atoms with Gasteiger partial charge in [-0.25, -0.2) is 0 Å². The zero-order valence-electron chi connectivity index (χ0n) is 12.2. The Hall–Kier alpha value is -0.940. The lowest BCUT2D eigenvalue weighted by Gasteiger charge is -2.29. The van der Waals surface area contributed by atoms with E-state index in [1.54, 1.807) is 0 Å². The maximum Gasteiger partial charge on any atom is 0.247 e. The summed E-state index contributed by atoms with van der Waals surface area (Å²) in [6.45, 7) is 6.87. The van der Waals surface area contributed by atoms with Gasteiger partial charge >= 0.3 is 0 Å². The molecular weight excluding hydrogens is 242 g/mol. The van der Waals surface area contributed by atoms with E-state index in [-0.39, 0.29) is 23.9 Å². The van der Waals surface area contributed by atoms with Crippen LogP contribution in [0.5, 0.6) is 0 Å². The summed E-state index contributed by atoms with van der Waals surface area (Å²) in [4.78, 5) is 27.6. The molecule has 2 aliphatic heterocycles. The van der Waals surface area contributed by atoms with E-state index in [4.69, 9.17) is 0 Å². The molecule has 5 nitrogen and oxygen atoms in total. The molecule has 0 aromatic rings. The van der Waals surface area contributed by atoms with E-state index < -0.39 is 0 Å². The number of hydrogen-bond donors (Lipinski definition) is 1. The van der Waals surface area contributed by atoms with Crippen molar-refractivity contribution in [3.05, 3.63) is 0 Å². The average molecular weight is 267 g/mol. The lowest BCUT2D eigenvalue weighted by molar-refractivity contribution is -0.140. The quantitative estimate of drug-likeness (QED) is 0.752. The predicted molar refractivity (Wildman–Crippen MR) is 73.6 cm³/mol. The standard InChI is InChI=1S/C14H25N3O2/c1-10(2)17-13(18)8-12(14(17)19)15-9-11-4-6-16(3)7-5-11/h10-12,15H,4-9H2,1-3H3. The molecule has 0 spiro atoms. The van der Waals surface area contributed by atoms with E-state index in [2.05, 4.69) is 17.3 Å². The highest BCUT2D eigenvalue weighted by molar-refractivity contribution is 6.05. The van der Waals surface area contributed by atoms with E-state index in [0.717, 1.165) is 19.6 Å². The second-order valence-corrected chi connectivity index (χ2v) is 6.11. The van der Waals surface area contributed by atoms with Crippen molar-refractivity contribution < 1.29 is 9.59 Å². The Kier molecular flexibility index (Phi) is 4.58. The average Bonchev–Trinajstić information content (AvgIpc) is 2.63. The van der Waals surface area contributed by atoms with Gasteiger partial charge in [0.05, 0.1) is 12.5 Å². The molecule has 19 heavy (non-hydrogen) atoms. The second-order valence-electron chi connectivity index (χ2n) is 6.11. The van der Waals surface area contributed by atoms with Gasteiger partial charge in [-0.05, 0) is 59.3 Å². The number of imide groups is 1. The minimum Gasteiger partial charge on any atom is -0.306 e. The van der Waals surface area contributed by atoms with Crippen LogP contribution in [-0.4, -0.2) is 60.4 Å². The van der Waals surface area contributed by atoms with Gasteiger partial charge in [0, 0.05) is 6.04 Å². The normalized spacial score (nSPS) is 26.7. The number of carbonyl (C=O) groups excluding carboxylic acids is 2. The van der Waals surface area contributed by atoms with Gasteiger partial charge in [-0.15, -0.1) is 0 Å². The van der Waals surface area contributed by atoms with Gasteiger partial charge in [-0.2, -0.15) is 0 Å². The molecule has 2 heterocycles. The van der Waals surface area contributed by atoms with Gasteiger partial charge in [0.25, 0.3) is 0 Å². The third-order valence-electron chi connectivity index (χ3n) is 4.19. The maximum absolute atomic E-state index is 12.1. The van der Waals surface area contributed by atoms with Crippen LogP contribution in [0.3, 0.4) is 0 Å². The molecule has 0 radical (unpaired) electrons. The molecule has 1 N–H and O–H groups in total. The summed E-state index contributed by atoms with van der Waals surface area (Å²) in [6, 6.07) is -0.329. The third kappa shape index (κ3) is 3.34. The summed E-state index contributed by atoms with van der Waals surface area (Å²) in [6.07, 6.45) is 2.67. The predicted octanol–water partition coefficient (Wildman–Crippen LogP) is 0.454. The van der Waals surface area contributed by atoms with Crippen molar-refractivity contribution in [3.63, 3.8) is 0 Å². The molecule has 108 valence electrons. The molecule has 0 aliphatic carbocycles. The van der Waals surface area contributed by atoms with Crippen LogP contribution in [0, 0.1) is 5.92 Å².